The van der Waals surface area contributed by atoms with E-state index in [2.05, 4.69) is 128 Å². The minimum absolute atomic E-state index is 0.329. The Hall–Kier alpha value is -4.49. The fourth-order valence-electron chi connectivity index (χ4n) is 7.48. The lowest BCUT2D eigenvalue weighted by molar-refractivity contribution is 0.666. The zero-order valence-electron chi connectivity index (χ0n) is 23.5. The summed E-state index contributed by atoms with van der Waals surface area (Å²) < 4.78 is 0. The van der Waals surface area contributed by atoms with Crippen molar-refractivity contribution in [3.05, 3.63) is 149 Å². The minimum atomic E-state index is -0.329. The van der Waals surface area contributed by atoms with Crippen molar-refractivity contribution in [2.24, 2.45) is 0 Å². The summed E-state index contributed by atoms with van der Waals surface area (Å²) in [4.78, 5) is 5.09. The molecule has 6 aromatic rings. The number of hydrogen-bond donors (Lipinski definition) is 0. The maximum atomic E-state index is 5.09. The quantitative estimate of drug-likeness (QED) is 0.196. The highest BCUT2D eigenvalue weighted by molar-refractivity contribution is 5.96. The zero-order valence-corrected chi connectivity index (χ0v) is 23.5. The summed E-state index contributed by atoms with van der Waals surface area (Å²) in [6.45, 7) is 2.28. The SMILES string of the molecule is CCCCCCc1ccc2c(c1)C1(c3ccccc3-c3ccccc31)c1cc(-c3ccc4ccccc4n3)ccc1-2. The Morgan fingerprint density at radius 2 is 1.20 bits per heavy atom. The Labute approximate surface area is 242 Å². The van der Waals surface area contributed by atoms with Crippen molar-refractivity contribution in [2.45, 2.75) is 44.4 Å². The number of fused-ring (bicyclic) bond motifs is 11. The van der Waals surface area contributed by atoms with Gasteiger partial charge in [0.1, 0.15) is 0 Å². The Morgan fingerprint density at radius 1 is 0.537 bits per heavy atom. The molecule has 1 heteroatoms. The molecular weight excluding hydrogens is 494 g/mol. The maximum absolute atomic E-state index is 5.09. The van der Waals surface area contributed by atoms with Gasteiger partial charge in [-0.05, 0) is 81.1 Å². The lowest BCUT2D eigenvalue weighted by atomic mass is 9.70. The minimum Gasteiger partial charge on any atom is -0.248 e. The first-order valence-electron chi connectivity index (χ1n) is 15.1. The Balaban J connectivity index is 1.37. The summed E-state index contributed by atoms with van der Waals surface area (Å²) in [7, 11) is 0. The summed E-state index contributed by atoms with van der Waals surface area (Å²) in [6.07, 6.45) is 6.26. The van der Waals surface area contributed by atoms with E-state index in [1.165, 1.54) is 86.7 Å². The van der Waals surface area contributed by atoms with Crippen LogP contribution in [-0.2, 0) is 11.8 Å². The highest BCUT2D eigenvalue weighted by Gasteiger charge is 2.51. The molecule has 1 spiro atoms. The molecule has 2 aliphatic rings. The lowest BCUT2D eigenvalue weighted by Crippen LogP contribution is -2.26. The number of pyridine rings is 1. The van der Waals surface area contributed by atoms with Gasteiger partial charge in [0.05, 0.1) is 16.6 Å². The molecule has 8 rings (SSSR count). The van der Waals surface area contributed by atoms with Crippen LogP contribution in [0.3, 0.4) is 0 Å². The molecule has 41 heavy (non-hydrogen) atoms. The van der Waals surface area contributed by atoms with Crippen LogP contribution in [-0.4, -0.2) is 4.98 Å². The predicted octanol–water partition coefficient (Wildman–Crippen LogP) is 10.4. The van der Waals surface area contributed by atoms with Crippen LogP contribution in [0.15, 0.2) is 121 Å². The number of unbranched alkanes of at least 4 members (excludes halogenated alkanes) is 3. The van der Waals surface area contributed by atoms with Crippen molar-refractivity contribution in [1.82, 2.24) is 4.98 Å². The van der Waals surface area contributed by atoms with Crippen LogP contribution >= 0.6 is 0 Å². The first kappa shape index (κ1) is 24.3. The molecule has 1 nitrogen and oxygen atoms in total. The Kier molecular flexibility index (Phi) is 5.67. The van der Waals surface area contributed by atoms with Crippen molar-refractivity contribution in [2.75, 3.05) is 0 Å². The maximum Gasteiger partial charge on any atom is 0.0725 e. The van der Waals surface area contributed by atoms with E-state index in [0.29, 0.717) is 0 Å². The van der Waals surface area contributed by atoms with Crippen molar-refractivity contribution < 1.29 is 0 Å². The average Bonchev–Trinajstić information content (AvgIpc) is 3.49. The summed E-state index contributed by atoms with van der Waals surface area (Å²) >= 11 is 0. The van der Waals surface area contributed by atoms with Crippen LogP contribution in [0.1, 0.15) is 60.4 Å². The molecule has 0 unspecified atom stereocenters. The topological polar surface area (TPSA) is 12.9 Å². The second kappa shape index (κ2) is 9.56. The standard InChI is InChI=1S/C40H33N/c1-2-3-4-5-12-27-19-22-32-33-23-20-29(39-24-21-28-13-6-11-18-38(28)41-39)26-37(33)40(36(32)25-27)34-16-9-7-14-30(34)31-15-8-10-17-35(31)40/h6-11,13-26H,2-5,12H2,1H3. The summed E-state index contributed by atoms with van der Waals surface area (Å²) in [5.74, 6) is 0. The van der Waals surface area contributed by atoms with Crippen molar-refractivity contribution in [3.63, 3.8) is 0 Å². The molecule has 0 fully saturated rings. The van der Waals surface area contributed by atoms with E-state index in [9.17, 15) is 0 Å². The molecule has 1 aromatic heterocycles. The van der Waals surface area contributed by atoms with Gasteiger partial charge in [-0.15, -0.1) is 0 Å². The number of aromatic nitrogens is 1. The van der Waals surface area contributed by atoms with Crippen molar-refractivity contribution in [3.8, 4) is 33.5 Å². The first-order valence-corrected chi connectivity index (χ1v) is 15.1. The van der Waals surface area contributed by atoms with Gasteiger partial charge in [-0.1, -0.05) is 129 Å². The van der Waals surface area contributed by atoms with Crippen LogP contribution < -0.4 is 0 Å². The molecule has 5 aromatic carbocycles. The number of nitrogens with zero attached hydrogens (tertiary/aromatic N) is 1. The molecule has 198 valence electrons. The van der Waals surface area contributed by atoms with Gasteiger partial charge in [0.2, 0.25) is 0 Å². The molecule has 0 atom stereocenters. The average molecular weight is 528 g/mol. The lowest BCUT2D eigenvalue weighted by Gasteiger charge is -2.31. The largest absolute Gasteiger partial charge is 0.248 e. The molecule has 0 N–H and O–H groups in total. The van der Waals surface area contributed by atoms with Gasteiger partial charge in [-0.25, -0.2) is 4.98 Å². The first-order chi connectivity index (χ1) is 20.3. The van der Waals surface area contributed by atoms with Crippen LogP contribution in [0.2, 0.25) is 0 Å². The van der Waals surface area contributed by atoms with Crippen LogP contribution in [0.5, 0.6) is 0 Å². The van der Waals surface area contributed by atoms with E-state index >= 15 is 0 Å². The third-order valence-electron chi connectivity index (χ3n) is 9.37. The van der Waals surface area contributed by atoms with Gasteiger partial charge in [0.15, 0.2) is 0 Å². The van der Waals surface area contributed by atoms with Crippen molar-refractivity contribution in [1.29, 1.82) is 0 Å². The second-order valence-corrected chi connectivity index (χ2v) is 11.7. The Bertz CT molecular complexity index is 1900. The van der Waals surface area contributed by atoms with E-state index in [1.807, 2.05) is 0 Å². The summed E-state index contributed by atoms with van der Waals surface area (Å²) in [5.41, 5.74) is 15.4. The smallest absolute Gasteiger partial charge is 0.0725 e. The van der Waals surface area contributed by atoms with Crippen molar-refractivity contribution >= 4 is 10.9 Å². The molecule has 0 bridgehead atoms. The molecular formula is C40H33N. The van der Waals surface area contributed by atoms with Gasteiger partial charge in [0, 0.05) is 10.9 Å². The van der Waals surface area contributed by atoms with Crippen LogP contribution in [0.4, 0.5) is 0 Å². The van der Waals surface area contributed by atoms with E-state index < -0.39 is 0 Å². The fraction of sp³-hybridized carbons (Fsp3) is 0.175. The van der Waals surface area contributed by atoms with Gasteiger partial charge in [-0.3, -0.25) is 0 Å². The number of para-hydroxylation sites is 1. The highest BCUT2D eigenvalue weighted by atomic mass is 14.7. The molecule has 2 aliphatic carbocycles. The number of aryl methyl sites for hydroxylation is 1. The summed E-state index contributed by atoms with van der Waals surface area (Å²) in [5, 5.41) is 1.17. The molecule has 0 saturated heterocycles. The Morgan fingerprint density at radius 3 is 1.98 bits per heavy atom. The second-order valence-electron chi connectivity index (χ2n) is 11.7. The van der Waals surface area contributed by atoms with Gasteiger partial charge in [-0.2, -0.15) is 0 Å². The highest BCUT2D eigenvalue weighted by Crippen LogP contribution is 2.63. The summed E-state index contributed by atoms with van der Waals surface area (Å²) in [6, 6.07) is 45.3. The van der Waals surface area contributed by atoms with Crippen LogP contribution in [0.25, 0.3) is 44.4 Å². The molecule has 0 amide bonds. The van der Waals surface area contributed by atoms with E-state index in [1.54, 1.807) is 0 Å². The number of benzene rings is 5. The molecule has 0 radical (unpaired) electrons. The molecule has 0 aliphatic heterocycles. The predicted molar refractivity (Wildman–Crippen MR) is 171 cm³/mol. The third-order valence-corrected chi connectivity index (χ3v) is 9.37. The van der Waals surface area contributed by atoms with E-state index in [0.717, 1.165) is 17.6 Å². The van der Waals surface area contributed by atoms with Gasteiger partial charge in [0.25, 0.3) is 0 Å². The monoisotopic (exact) mass is 527 g/mol. The fourth-order valence-corrected chi connectivity index (χ4v) is 7.48. The number of rotatable bonds is 6. The normalized spacial score (nSPS) is 13.7. The third kappa shape index (κ3) is 3.58. The van der Waals surface area contributed by atoms with Gasteiger partial charge < -0.3 is 0 Å². The van der Waals surface area contributed by atoms with E-state index in [4.69, 9.17) is 4.98 Å². The molecule has 1 heterocycles. The number of hydrogen-bond acceptors (Lipinski definition) is 1. The molecule has 0 saturated carbocycles. The zero-order chi connectivity index (χ0) is 27.4. The van der Waals surface area contributed by atoms with Crippen LogP contribution in [0, 0.1) is 0 Å². The van der Waals surface area contributed by atoms with Gasteiger partial charge >= 0.3 is 0 Å². The van der Waals surface area contributed by atoms with E-state index in [-0.39, 0.29) is 5.41 Å².